The number of anilines is 2. The lowest BCUT2D eigenvalue weighted by atomic mass is 10.2. The fourth-order valence-electron chi connectivity index (χ4n) is 1.68. The zero-order chi connectivity index (χ0) is 15.1. The van der Waals surface area contributed by atoms with Gasteiger partial charge in [-0.05, 0) is 56.5 Å². The van der Waals surface area contributed by atoms with Crippen LogP contribution in [0, 0.1) is 6.92 Å². The third-order valence-electron chi connectivity index (χ3n) is 2.53. The second-order valence-corrected chi connectivity index (χ2v) is 7.62. The summed E-state index contributed by atoms with van der Waals surface area (Å²) in [7, 11) is -2.20. The Balaban J connectivity index is 2.46. The number of nitrogens with two attached hydrogens (primary N) is 1. The van der Waals surface area contributed by atoms with Gasteiger partial charge in [0.15, 0.2) is 5.82 Å². The van der Waals surface area contributed by atoms with Crippen LogP contribution in [0.3, 0.4) is 0 Å². The van der Waals surface area contributed by atoms with Crippen molar-refractivity contribution in [3.63, 3.8) is 0 Å². The van der Waals surface area contributed by atoms with E-state index in [2.05, 4.69) is 41.7 Å². The fourth-order valence-corrected chi connectivity index (χ4v) is 4.76. The number of rotatable bonds is 3. The van der Waals surface area contributed by atoms with E-state index in [1.165, 1.54) is 10.9 Å². The summed E-state index contributed by atoms with van der Waals surface area (Å²) in [6.45, 7) is 1.91. The molecule has 1 aromatic carbocycles. The van der Waals surface area contributed by atoms with Gasteiger partial charge in [-0.2, -0.15) is 5.10 Å². The molecule has 6 nitrogen and oxygen atoms in total. The Hall–Kier alpha value is -1.06. The lowest BCUT2D eigenvalue weighted by Gasteiger charge is -2.11. The Labute approximate surface area is 133 Å². The zero-order valence-corrected chi connectivity index (χ0v) is 14.7. The number of benzene rings is 1. The smallest absolute Gasteiger partial charge is 0.267 e. The first-order chi connectivity index (χ1) is 9.20. The van der Waals surface area contributed by atoms with Gasteiger partial charge in [0.25, 0.3) is 10.0 Å². The second-order valence-electron chi connectivity index (χ2n) is 4.26. The molecule has 0 saturated carbocycles. The lowest BCUT2D eigenvalue weighted by Crippen LogP contribution is -2.14. The van der Waals surface area contributed by atoms with Gasteiger partial charge in [0.1, 0.15) is 4.90 Å². The molecule has 0 aliphatic carbocycles. The Bertz CT molecular complexity index is 748. The minimum atomic E-state index is -3.80. The Morgan fingerprint density at radius 2 is 1.85 bits per heavy atom. The van der Waals surface area contributed by atoms with Crippen LogP contribution in [0.1, 0.15) is 5.56 Å². The summed E-state index contributed by atoms with van der Waals surface area (Å²) < 4.78 is 29.8. The van der Waals surface area contributed by atoms with Gasteiger partial charge in [0.05, 0.1) is 5.69 Å². The van der Waals surface area contributed by atoms with Gasteiger partial charge in [-0.1, -0.05) is 0 Å². The van der Waals surface area contributed by atoms with Crippen LogP contribution in [0.4, 0.5) is 11.5 Å². The highest BCUT2D eigenvalue weighted by molar-refractivity contribution is 9.11. The molecular formula is C11H12Br2N4O2S. The van der Waals surface area contributed by atoms with Crippen LogP contribution in [-0.4, -0.2) is 18.2 Å². The molecule has 0 unspecified atom stereocenters. The molecule has 0 spiro atoms. The number of nitrogens with one attached hydrogen (secondary N) is 1. The Kier molecular flexibility index (Phi) is 4.12. The number of aryl methyl sites for hydroxylation is 2. The van der Waals surface area contributed by atoms with E-state index in [-0.39, 0.29) is 10.7 Å². The predicted molar refractivity (Wildman–Crippen MR) is 85.0 cm³/mol. The first kappa shape index (κ1) is 15.3. The summed E-state index contributed by atoms with van der Waals surface area (Å²) in [4.78, 5) is -0.0561. The standard InChI is InChI=1S/C11H12Br2N4O2S/c1-6-3-7(12)10(8(13)4-6)16-20(18,19)9-5-17(2)15-11(9)14/h3-5,16H,1-2H3,(H2,14,15). The fraction of sp³-hybridized carbons (Fsp3) is 0.182. The number of halogens is 2. The molecule has 0 bridgehead atoms. The highest BCUT2D eigenvalue weighted by Crippen LogP contribution is 2.34. The summed E-state index contributed by atoms with van der Waals surface area (Å²) in [5.41, 5.74) is 7.02. The van der Waals surface area contributed by atoms with Crippen LogP contribution in [0.5, 0.6) is 0 Å². The van der Waals surface area contributed by atoms with E-state index in [1.54, 1.807) is 7.05 Å². The van der Waals surface area contributed by atoms with E-state index in [0.717, 1.165) is 5.56 Å². The third-order valence-corrected chi connectivity index (χ3v) is 5.15. The zero-order valence-electron chi connectivity index (χ0n) is 10.7. The molecule has 108 valence electrons. The molecule has 0 saturated heterocycles. The number of sulfonamides is 1. The van der Waals surface area contributed by atoms with Crippen molar-refractivity contribution in [2.24, 2.45) is 7.05 Å². The largest absolute Gasteiger partial charge is 0.381 e. The summed E-state index contributed by atoms with van der Waals surface area (Å²) in [5.74, 6) is -0.0423. The molecule has 2 rings (SSSR count). The Morgan fingerprint density at radius 1 is 1.30 bits per heavy atom. The molecule has 0 aliphatic rings. The van der Waals surface area contributed by atoms with Gasteiger partial charge in [0.2, 0.25) is 0 Å². The predicted octanol–water partition coefficient (Wildman–Crippen LogP) is 2.64. The van der Waals surface area contributed by atoms with Crippen molar-refractivity contribution in [1.82, 2.24) is 9.78 Å². The Morgan fingerprint density at radius 3 is 2.30 bits per heavy atom. The molecule has 0 fully saturated rings. The molecule has 0 radical (unpaired) electrons. The van der Waals surface area contributed by atoms with E-state index in [4.69, 9.17) is 5.73 Å². The monoisotopic (exact) mass is 422 g/mol. The topological polar surface area (TPSA) is 90.0 Å². The van der Waals surface area contributed by atoms with Crippen molar-refractivity contribution in [3.05, 3.63) is 32.8 Å². The molecule has 9 heteroatoms. The van der Waals surface area contributed by atoms with E-state index < -0.39 is 10.0 Å². The number of hydrogen-bond donors (Lipinski definition) is 2. The number of hydrogen-bond acceptors (Lipinski definition) is 4. The number of nitrogen functional groups attached to an aromatic ring is 1. The van der Waals surface area contributed by atoms with E-state index in [1.807, 2.05) is 19.1 Å². The average molecular weight is 424 g/mol. The van der Waals surface area contributed by atoms with Crippen molar-refractivity contribution in [3.8, 4) is 0 Å². The second kappa shape index (κ2) is 5.38. The van der Waals surface area contributed by atoms with E-state index in [9.17, 15) is 8.42 Å². The molecule has 0 amide bonds. The maximum Gasteiger partial charge on any atom is 0.267 e. The van der Waals surface area contributed by atoms with Gasteiger partial charge < -0.3 is 5.73 Å². The molecule has 0 atom stereocenters. The van der Waals surface area contributed by atoms with Crippen LogP contribution in [0.25, 0.3) is 0 Å². The summed E-state index contributed by atoms with van der Waals surface area (Å²) in [6, 6.07) is 3.63. The van der Waals surface area contributed by atoms with Gasteiger partial charge in [-0.3, -0.25) is 9.40 Å². The van der Waals surface area contributed by atoms with E-state index in [0.29, 0.717) is 14.6 Å². The van der Waals surface area contributed by atoms with Gasteiger partial charge >= 0.3 is 0 Å². The van der Waals surface area contributed by atoms with Gasteiger partial charge in [-0.25, -0.2) is 8.42 Å². The maximum absolute atomic E-state index is 12.3. The van der Waals surface area contributed by atoms with Crippen molar-refractivity contribution in [1.29, 1.82) is 0 Å². The number of nitrogens with zero attached hydrogens (tertiary/aromatic N) is 2. The van der Waals surface area contributed by atoms with Crippen LogP contribution in [-0.2, 0) is 17.1 Å². The van der Waals surface area contributed by atoms with Crippen molar-refractivity contribution >= 4 is 53.4 Å². The number of aromatic nitrogens is 2. The molecule has 20 heavy (non-hydrogen) atoms. The summed E-state index contributed by atoms with van der Waals surface area (Å²) in [5, 5.41) is 3.83. The SMILES string of the molecule is Cc1cc(Br)c(NS(=O)(=O)c2cn(C)nc2N)c(Br)c1. The summed E-state index contributed by atoms with van der Waals surface area (Å²) >= 11 is 6.68. The molecule has 2 aromatic rings. The quantitative estimate of drug-likeness (QED) is 0.793. The molecule has 1 heterocycles. The highest BCUT2D eigenvalue weighted by Gasteiger charge is 2.22. The van der Waals surface area contributed by atoms with Crippen LogP contribution in [0.15, 0.2) is 32.2 Å². The van der Waals surface area contributed by atoms with Crippen molar-refractivity contribution in [2.45, 2.75) is 11.8 Å². The van der Waals surface area contributed by atoms with Crippen molar-refractivity contribution < 1.29 is 8.42 Å². The van der Waals surface area contributed by atoms with Crippen LogP contribution >= 0.6 is 31.9 Å². The van der Waals surface area contributed by atoms with Crippen LogP contribution < -0.4 is 10.5 Å². The minimum absolute atomic E-state index is 0.0423. The third kappa shape index (κ3) is 2.99. The lowest BCUT2D eigenvalue weighted by molar-refractivity contribution is 0.601. The minimum Gasteiger partial charge on any atom is -0.381 e. The van der Waals surface area contributed by atoms with Gasteiger partial charge in [0, 0.05) is 22.2 Å². The molecule has 1 aromatic heterocycles. The molecule has 0 aliphatic heterocycles. The van der Waals surface area contributed by atoms with Crippen LogP contribution in [0.2, 0.25) is 0 Å². The first-order valence-corrected chi connectivity index (χ1v) is 8.55. The first-order valence-electron chi connectivity index (χ1n) is 5.48. The molecular weight excluding hydrogens is 412 g/mol. The normalized spacial score (nSPS) is 11.6. The van der Waals surface area contributed by atoms with E-state index >= 15 is 0 Å². The maximum atomic E-state index is 12.3. The average Bonchev–Trinajstić information content (AvgIpc) is 2.64. The van der Waals surface area contributed by atoms with Gasteiger partial charge in [-0.15, -0.1) is 0 Å². The van der Waals surface area contributed by atoms with Crippen molar-refractivity contribution in [2.75, 3.05) is 10.5 Å². The highest BCUT2D eigenvalue weighted by atomic mass is 79.9. The molecule has 3 N–H and O–H groups in total. The summed E-state index contributed by atoms with van der Waals surface area (Å²) in [6.07, 6.45) is 1.35.